The third kappa shape index (κ3) is 6.03. The van der Waals surface area contributed by atoms with Crippen LogP contribution in [0.5, 0.6) is 11.5 Å². The first kappa shape index (κ1) is 20.3. The minimum absolute atomic E-state index is 0.0478. The summed E-state index contributed by atoms with van der Waals surface area (Å²) in [5, 5.41) is 13.2. The highest BCUT2D eigenvalue weighted by atomic mass is 16.5. The van der Waals surface area contributed by atoms with Crippen LogP contribution in [0.15, 0.2) is 61.7 Å². The molecule has 0 aliphatic carbocycles. The topological polar surface area (TPSA) is 58.6 Å². The number of nitrogens with one attached hydrogen (secondary N) is 1. The molecule has 0 radical (unpaired) electrons. The second-order valence-electron chi connectivity index (χ2n) is 6.35. The molecule has 2 aromatic rings. The van der Waals surface area contributed by atoms with E-state index in [1.54, 1.807) is 6.07 Å². The summed E-state index contributed by atoms with van der Waals surface area (Å²) < 4.78 is 5.95. The van der Waals surface area contributed by atoms with Crippen molar-refractivity contribution in [1.29, 1.82) is 0 Å². The Labute approximate surface area is 161 Å². The van der Waals surface area contributed by atoms with Gasteiger partial charge in [-0.3, -0.25) is 4.79 Å². The molecule has 0 spiro atoms. The van der Waals surface area contributed by atoms with Crippen LogP contribution in [-0.4, -0.2) is 24.2 Å². The molecule has 2 N–H and O–H groups in total. The molecule has 0 aromatic heterocycles. The summed E-state index contributed by atoms with van der Waals surface area (Å²) >= 11 is 0. The number of benzene rings is 2. The first-order chi connectivity index (χ1) is 13.0. The molecular formula is C23H27NO3. The third-order valence-electron chi connectivity index (χ3n) is 4.11. The van der Waals surface area contributed by atoms with E-state index in [2.05, 4.69) is 18.5 Å². The number of phenolic OH excluding ortho intramolecular Hbond substituents is 1. The molecule has 0 fully saturated rings. The molecule has 2 aromatic carbocycles. The maximum Gasteiger partial charge on any atom is 0.216 e. The van der Waals surface area contributed by atoms with Crippen LogP contribution in [-0.2, 0) is 17.6 Å². The number of ether oxygens (including phenoxy) is 1. The predicted molar refractivity (Wildman–Crippen MR) is 110 cm³/mol. The summed E-state index contributed by atoms with van der Waals surface area (Å²) in [5.74, 6) is 0.867. The number of amides is 1. The fourth-order valence-electron chi connectivity index (χ4n) is 2.82. The molecule has 0 bridgehead atoms. The Bertz CT molecular complexity index is 811. The van der Waals surface area contributed by atoms with Crippen LogP contribution in [0.1, 0.15) is 24.5 Å². The number of carbonyl (C=O) groups excluding carboxylic acids is 1. The third-order valence-corrected chi connectivity index (χ3v) is 4.11. The first-order valence-corrected chi connectivity index (χ1v) is 9.09. The fraction of sp³-hybridized carbons (Fsp3) is 0.261. The molecule has 0 saturated heterocycles. The van der Waals surface area contributed by atoms with Gasteiger partial charge >= 0.3 is 0 Å². The van der Waals surface area contributed by atoms with Gasteiger partial charge in [0.05, 0.1) is 6.61 Å². The zero-order valence-electron chi connectivity index (χ0n) is 15.8. The summed E-state index contributed by atoms with van der Waals surface area (Å²) in [7, 11) is 0. The second kappa shape index (κ2) is 10.2. The van der Waals surface area contributed by atoms with Crippen molar-refractivity contribution in [2.24, 2.45) is 0 Å². The van der Waals surface area contributed by atoms with Crippen LogP contribution in [0.4, 0.5) is 0 Å². The van der Waals surface area contributed by atoms with Crippen molar-refractivity contribution in [2.75, 3.05) is 13.2 Å². The number of rotatable bonds is 10. The molecule has 0 saturated carbocycles. The van der Waals surface area contributed by atoms with Gasteiger partial charge in [0.15, 0.2) is 0 Å². The summed E-state index contributed by atoms with van der Waals surface area (Å²) in [6, 6.07) is 11.5. The zero-order valence-corrected chi connectivity index (χ0v) is 15.8. The standard InChI is InChI=1S/C23H27NO3/c1-4-7-18-9-11-22(26)20(15-18)21-16-19(8-5-2)10-12-23(21)27-14-6-13-24-17(3)25/h4-5,9-12,15-16,26H,1-2,6-8,13-14H2,3H3,(H,24,25). The maximum absolute atomic E-state index is 10.9. The number of carbonyl (C=O) groups is 1. The van der Waals surface area contributed by atoms with Crippen LogP contribution in [0.2, 0.25) is 0 Å². The number of phenols is 1. The highest BCUT2D eigenvalue weighted by Crippen LogP contribution is 2.37. The van der Waals surface area contributed by atoms with Crippen molar-refractivity contribution in [3.63, 3.8) is 0 Å². The van der Waals surface area contributed by atoms with Crippen LogP contribution in [0.25, 0.3) is 11.1 Å². The van der Waals surface area contributed by atoms with Gasteiger partial charge in [-0.2, -0.15) is 0 Å². The van der Waals surface area contributed by atoms with Gasteiger partial charge < -0.3 is 15.2 Å². The molecule has 0 aliphatic heterocycles. The summed E-state index contributed by atoms with van der Waals surface area (Å²) in [6.07, 6.45) is 5.86. The Morgan fingerprint density at radius 1 is 1.07 bits per heavy atom. The van der Waals surface area contributed by atoms with Gasteiger partial charge in [0.1, 0.15) is 11.5 Å². The van der Waals surface area contributed by atoms with Gasteiger partial charge in [-0.25, -0.2) is 0 Å². The lowest BCUT2D eigenvalue weighted by atomic mass is 9.97. The van der Waals surface area contributed by atoms with Crippen molar-refractivity contribution in [1.82, 2.24) is 5.32 Å². The van der Waals surface area contributed by atoms with Crippen LogP contribution >= 0.6 is 0 Å². The van der Waals surface area contributed by atoms with Crippen LogP contribution < -0.4 is 10.1 Å². The van der Waals surface area contributed by atoms with Crippen molar-refractivity contribution < 1.29 is 14.6 Å². The van der Waals surface area contributed by atoms with Gasteiger partial charge in [0.2, 0.25) is 5.91 Å². The Morgan fingerprint density at radius 3 is 2.33 bits per heavy atom. The van der Waals surface area contributed by atoms with E-state index in [0.29, 0.717) is 25.3 Å². The summed E-state index contributed by atoms with van der Waals surface area (Å²) in [4.78, 5) is 10.9. The lowest BCUT2D eigenvalue weighted by molar-refractivity contribution is -0.118. The van der Waals surface area contributed by atoms with Gasteiger partial charge in [-0.05, 0) is 54.7 Å². The smallest absolute Gasteiger partial charge is 0.216 e. The number of hydrogen-bond donors (Lipinski definition) is 2. The summed E-state index contributed by atoms with van der Waals surface area (Å²) in [6.45, 7) is 10.1. The van der Waals surface area contributed by atoms with Crippen molar-refractivity contribution in [3.8, 4) is 22.6 Å². The van der Waals surface area contributed by atoms with E-state index >= 15 is 0 Å². The number of allylic oxidation sites excluding steroid dienone is 2. The lowest BCUT2D eigenvalue weighted by Crippen LogP contribution is -2.22. The average Bonchev–Trinajstić information content (AvgIpc) is 2.64. The summed E-state index contributed by atoms with van der Waals surface area (Å²) in [5.41, 5.74) is 3.75. The largest absolute Gasteiger partial charge is 0.507 e. The first-order valence-electron chi connectivity index (χ1n) is 9.09. The van der Waals surface area contributed by atoms with Crippen molar-refractivity contribution >= 4 is 5.91 Å². The van der Waals surface area contributed by atoms with E-state index in [4.69, 9.17) is 4.74 Å². The van der Waals surface area contributed by atoms with Gasteiger partial charge in [0.25, 0.3) is 0 Å². The van der Waals surface area contributed by atoms with Gasteiger partial charge in [-0.15, -0.1) is 13.2 Å². The zero-order chi connectivity index (χ0) is 19.6. The highest BCUT2D eigenvalue weighted by molar-refractivity contribution is 5.77. The fourth-order valence-corrected chi connectivity index (χ4v) is 2.82. The molecule has 4 heteroatoms. The van der Waals surface area contributed by atoms with E-state index in [-0.39, 0.29) is 11.7 Å². The molecule has 0 aliphatic rings. The molecular weight excluding hydrogens is 338 g/mol. The molecule has 0 heterocycles. The Morgan fingerprint density at radius 2 is 1.70 bits per heavy atom. The molecule has 4 nitrogen and oxygen atoms in total. The van der Waals surface area contributed by atoms with E-state index in [1.165, 1.54) is 6.92 Å². The van der Waals surface area contributed by atoms with E-state index in [0.717, 1.165) is 35.1 Å². The van der Waals surface area contributed by atoms with Gasteiger partial charge in [0, 0.05) is 24.6 Å². The number of aromatic hydroxyl groups is 1. The number of hydrogen-bond acceptors (Lipinski definition) is 3. The second-order valence-corrected chi connectivity index (χ2v) is 6.35. The predicted octanol–water partition coefficient (Wildman–Crippen LogP) is 4.42. The van der Waals surface area contributed by atoms with Gasteiger partial charge in [-0.1, -0.05) is 24.3 Å². The van der Waals surface area contributed by atoms with Crippen LogP contribution in [0, 0.1) is 0 Å². The molecule has 0 unspecified atom stereocenters. The minimum atomic E-state index is -0.0478. The van der Waals surface area contributed by atoms with E-state index in [1.807, 2.05) is 42.5 Å². The molecule has 0 atom stereocenters. The van der Waals surface area contributed by atoms with Crippen molar-refractivity contribution in [2.45, 2.75) is 26.2 Å². The van der Waals surface area contributed by atoms with Crippen molar-refractivity contribution in [3.05, 3.63) is 72.8 Å². The quantitative estimate of drug-likeness (QED) is 0.484. The molecule has 142 valence electrons. The normalized spacial score (nSPS) is 10.3. The monoisotopic (exact) mass is 365 g/mol. The Kier molecular flexibility index (Phi) is 7.68. The average molecular weight is 365 g/mol. The van der Waals surface area contributed by atoms with Crippen LogP contribution in [0.3, 0.4) is 0 Å². The highest BCUT2D eigenvalue weighted by Gasteiger charge is 2.13. The van der Waals surface area contributed by atoms with E-state index < -0.39 is 0 Å². The Hall–Kier alpha value is -3.01. The minimum Gasteiger partial charge on any atom is -0.507 e. The Balaban J connectivity index is 2.30. The van der Waals surface area contributed by atoms with E-state index in [9.17, 15) is 9.90 Å². The molecule has 1 amide bonds. The molecule has 27 heavy (non-hydrogen) atoms. The SMILES string of the molecule is C=CCc1ccc(O)c(-c2cc(CC=C)ccc2OCCCNC(C)=O)c1. The lowest BCUT2D eigenvalue weighted by Gasteiger charge is -2.15. The molecule has 2 rings (SSSR count). The maximum atomic E-state index is 10.9.